The molecule has 0 aliphatic rings. The van der Waals surface area contributed by atoms with E-state index in [1.54, 1.807) is 11.6 Å². The van der Waals surface area contributed by atoms with Gasteiger partial charge < -0.3 is 9.88 Å². The van der Waals surface area contributed by atoms with E-state index >= 15 is 0 Å². The van der Waals surface area contributed by atoms with Crippen molar-refractivity contribution in [2.75, 3.05) is 5.32 Å². The number of halogens is 3. The van der Waals surface area contributed by atoms with Crippen LogP contribution in [0, 0.1) is 5.82 Å². The topological polar surface area (TPSA) is 46.9 Å². The van der Waals surface area contributed by atoms with Gasteiger partial charge in [-0.1, -0.05) is 11.6 Å². The summed E-state index contributed by atoms with van der Waals surface area (Å²) in [6.07, 6.45) is 1.51. The highest BCUT2D eigenvalue weighted by atomic mass is 79.9. The van der Waals surface area contributed by atoms with Gasteiger partial charge in [-0.3, -0.25) is 4.79 Å². The maximum atomic E-state index is 13.0. The molecule has 1 aromatic heterocycles. The largest absolute Gasteiger partial charge is 0.329 e. The standard InChI is InChI=1S/C11H8BrClFN3O/c1-17-5-15-10(12)9(17)11(18)16-6-2-3-8(14)7(13)4-6/h2-5H,1H3,(H,16,18). The van der Waals surface area contributed by atoms with Crippen molar-refractivity contribution in [1.82, 2.24) is 9.55 Å². The Kier molecular flexibility index (Phi) is 3.68. The van der Waals surface area contributed by atoms with E-state index in [0.717, 1.165) is 0 Å². The molecule has 0 fully saturated rings. The summed E-state index contributed by atoms with van der Waals surface area (Å²) >= 11 is 8.81. The van der Waals surface area contributed by atoms with E-state index in [1.165, 1.54) is 24.5 Å². The molecule has 0 saturated heterocycles. The van der Waals surface area contributed by atoms with Crippen molar-refractivity contribution >= 4 is 39.1 Å². The number of hydrogen-bond donors (Lipinski definition) is 1. The van der Waals surface area contributed by atoms with Crippen LogP contribution < -0.4 is 5.32 Å². The number of amides is 1. The first-order valence-corrected chi connectivity index (χ1v) is 6.09. The van der Waals surface area contributed by atoms with Crippen molar-refractivity contribution in [3.8, 4) is 0 Å². The molecular formula is C11H8BrClFN3O. The lowest BCUT2D eigenvalue weighted by Crippen LogP contribution is -2.16. The molecule has 1 amide bonds. The lowest BCUT2D eigenvalue weighted by Gasteiger charge is -2.06. The van der Waals surface area contributed by atoms with Gasteiger partial charge in [0.1, 0.15) is 16.1 Å². The first-order valence-electron chi connectivity index (χ1n) is 4.92. The smallest absolute Gasteiger partial charge is 0.275 e. The number of imidazole rings is 1. The van der Waals surface area contributed by atoms with E-state index in [0.29, 0.717) is 16.0 Å². The minimum Gasteiger partial charge on any atom is -0.329 e. The first-order chi connectivity index (χ1) is 8.49. The molecule has 18 heavy (non-hydrogen) atoms. The van der Waals surface area contributed by atoms with Gasteiger partial charge in [0.05, 0.1) is 11.3 Å². The third kappa shape index (κ3) is 2.54. The molecule has 2 rings (SSSR count). The minimum absolute atomic E-state index is 0.0446. The molecule has 0 atom stereocenters. The van der Waals surface area contributed by atoms with Gasteiger partial charge in [0.15, 0.2) is 0 Å². The monoisotopic (exact) mass is 331 g/mol. The number of rotatable bonds is 2. The van der Waals surface area contributed by atoms with Gasteiger partial charge in [-0.2, -0.15) is 0 Å². The summed E-state index contributed by atoms with van der Waals surface area (Å²) in [5.74, 6) is -0.888. The van der Waals surface area contributed by atoms with Crippen LogP contribution in [0.15, 0.2) is 29.1 Å². The molecule has 0 saturated carbocycles. The Bertz CT molecular complexity index is 595. The van der Waals surface area contributed by atoms with Crippen molar-refractivity contribution in [1.29, 1.82) is 0 Å². The second-order valence-electron chi connectivity index (χ2n) is 3.58. The molecular weight excluding hydrogens is 324 g/mol. The molecule has 0 unspecified atom stereocenters. The molecule has 1 N–H and O–H groups in total. The summed E-state index contributed by atoms with van der Waals surface area (Å²) in [6.45, 7) is 0. The highest BCUT2D eigenvalue weighted by Crippen LogP contribution is 2.21. The van der Waals surface area contributed by atoms with Crippen LogP contribution in [0.2, 0.25) is 5.02 Å². The fourth-order valence-corrected chi connectivity index (χ4v) is 2.15. The molecule has 1 aromatic carbocycles. The van der Waals surface area contributed by atoms with Crippen LogP contribution in [0.5, 0.6) is 0 Å². The van der Waals surface area contributed by atoms with Gasteiger partial charge >= 0.3 is 0 Å². The fraction of sp³-hybridized carbons (Fsp3) is 0.0909. The number of anilines is 1. The fourth-order valence-electron chi connectivity index (χ4n) is 1.42. The molecule has 2 aromatic rings. The highest BCUT2D eigenvalue weighted by molar-refractivity contribution is 9.10. The zero-order valence-corrected chi connectivity index (χ0v) is 11.6. The average Bonchev–Trinajstić information content (AvgIpc) is 2.64. The lowest BCUT2D eigenvalue weighted by molar-refractivity contribution is 0.101. The maximum Gasteiger partial charge on any atom is 0.275 e. The van der Waals surface area contributed by atoms with Gasteiger partial charge in [0.2, 0.25) is 0 Å². The number of hydrogen-bond acceptors (Lipinski definition) is 2. The quantitative estimate of drug-likeness (QED) is 0.918. The number of nitrogens with zero attached hydrogens (tertiary/aromatic N) is 2. The predicted molar refractivity (Wildman–Crippen MR) is 70.3 cm³/mol. The first kappa shape index (κ1) is 13.0. The minimum atomic E-state index is -0.531. The van der Waals surface area contributed by atoms with Crippen LogP contribution in [-0.2, 0) is 7.05 Å². The van der Waals surface area contributed by atoms with E-state index in [9.17, 15) is 9.18 Å². The zero-order chi connectivity index (χ0) is 13.3. The summed E-state index contributed by atoms with van der Waals surface area (Å²) in [5.41, 5.74) is 0.787. The van der Waals surface area contributed by atoms with E-state index < -0.39 is 5.82 Å². The van der Waals surface area contributed by atoms with Crippen LogP contribution in [-0.4, -0.2) is 15.5 Å². The molecule has 0 bridgehead atoms. The van der Waals surface area contributed by atoms with Gasteiger partial charge in [-0.25, -0.2) is 9.37 Å². The Morgan fingerprint density at radius 2 is 2.28 bits per heavy atom. The molecule has 0 radical (unpaired) electrons. The Morgan fingerprint density at radius 3 is 2.83 bits per heavy atom. The van der Waals surface area contributed by atoms with E-state index in [-0.39, 0.29) is 10.9 Å². The zero-order valence-electron chi connectivity index (χ0n) is 9.25. The Labute approximate surface area is 116 Å². The molecule has 4 nitrogen and oxygen atoms in total. The van der Waals surface area contributed by atoms with Crippen molar-refractivity contribution in [2.45, 2.75) is 0 Å². The Balaban J connectivity index is 2.24. The van der Waals surface area contributed by atoms with E-state index in [1.807, 2.05) is 0 Å². The van der Waals surface area contributed by atoms with Crippen molar-refractivity contribution in [3.63, 3.8) is 0 Å². The highest BCUT2D eigenvalue weighted by Gasteiger charge is 2.15. The number of carbonyl (C=O) groups excluding carboxylic acids is 1. The van der Waals surface area contributed by atoms with E-state index in [2.05, 4.69) is 26.2 Å². The lowest BCUT2D eigenvalue weighted by atomic mass is 10.3. The van der Waals surface area contributed by atoms with Gasteiger partial charge in [-0.05, 0) is 34.1 Å². The van der Waals surface area contributed by atoms with E-state index in [4.69, 9.17) is 11.6 Å². The molecule has 94 valence electrons. The van der Waals surface area contributed by atoms with Crippen molar-refractivity contribution in [2.24, 2.45) is 7.05 Å². The number of nitrogens with one attached hydrogen (secondary N) is 1. The third-order valence-electron chi connectivity index (χ3n) is 2.28. The van der Waals surface area contributed by atoms with Crippen LogP contribution >= 0.6 is 27.5 Å². The third-order valence-corrected chi connectivity index (χ3v) is 3.15. The van der Waals surface area contributed by atoms with Crippen LogP contribution in [0.1, 0.15) is 10.5 Å². The van der Waals surface area contributed by atoms with Crippen LogP contribution in [0.4, 0.5) is 10.1 Å². The number of benzene rings is 1. The van der Waals surface area contributed by atoms with Gasteiger partial charge in [0, 0.05) is 12.7 Å². The predicted octanol–water partition coefficient (Wildman–Crippen LogP) is 3.23. The average molecular weight is 333 g/mol. The number of carbonyl (C=O) groups is 1. The second-order valence-corrected chi connectivity index (χ2v) is 4.74. The summed E-state index contributed by atoms with van der Waals surface area (Å²) < 4.78 is 15.0. The summed E-state index contributed by atoms with van der Waals surface area (Å²) in [4.78, 5) is 15.9. The second kappa shape index (κ2) is 5.07. The van der Waals surface area contributed by atoms with Gasteiger partial charge in [0.25, 0.3) is 5.91 Å². The molecule has 0 aliphatic heterocycles. The van der Waals surface area contributed by atoms with Crippen LogP contribution in [0.3, 0.4) is 0 Å². The van der Waals surface area contributed by atoms with Crippen molar-refractivity contribution < 1.29 is 9.18 Å². The molecule has 1 heterocycles. The summed E-state index contributed by atoms with van der Waals surface area (Å²) in [5, 5.41) is 2.57. The Morgan fingerprint density at radius 1 is 1.56 bits per heavy atom. The number of aromatic nitrogens is 2. The normalized spacial score (nSPS) is 10.4. The maximum absolute atomic E-state index is 13.0. The summed E-state index contributed by atoms with van der Waals surface area (Å²) in [6, 6.07) is 3.97. The number of aryl methyl sites for hydroxylation is 1. The van der Waals surface area contributed by atoms with Crippen molar-refractivity contribution in [3.05, 3.63) is 45.7 Å². The van der Waals surface area contributed by atoms with Gasteiger partial charge in [-0.15, -0.1) is 0 Å². The molecule has 0 spiro atoms. The SMILES string of the molecule is Cn1cnc(Br)c1C(=O)Nc1ccc(F)c(Cl)c1. The molecule has 7 heteroatoms. The Hall–Kier alpha value is -1.40. The summed E-state index contributed by atoms with van der Waals surface area (Å²) in [7, 11) is 1.70. The van der Waals surface area contributed by atoms with Crippen LogP contribution in [0.25, 0.3) is 0 Å². The molecule has 0 aliphatic carbocycles.